The number of rotatable bonds is 2. The van der Waals surface area contributed by atoms with Crippen LogP contribution in [0.3, 0.4) is 0 Å². The molecular formula is C20H21ClN4O. The summed E-state index contributed by atoms with van der Waals surface area (Å²) < 4.78 is 0. The Morgan fingerprint density at radius 2 is 1.81 bits per heavy atom. The maximum atomic E-state index is 12.9. The van der Waals surface area contributed by atoms with Crippen molar-refractivity contribution in [2.24, 2.45) is 0 Å². The molecule has 0 aliphatic carbocycles. The van der Waals surface area contributed by atoms with Crippen molar-refractivity contribution in [2.75, 3.05) is 38.1 Å². The number of hydrogen-bond donors (Lipinski definition) is 1. The molecule has 4 rings (SSSR count). The molecule has 6 heteroatoms. The molecule has 1 amide bonds. The molecular weight excluding hydrogens is 348 g/mol. The van der Waals surface area contributed by atoms with E-state index in [0.29, 0.717) is 10.7 Å². The van der Waals surface area contributed by atoms with E-state index in [-0.39, 0.29) is 5.91 Å². The Hall–Kier alpha value is -2.50. The molecule has 1 aromatic heterocycles. The molecule has 1 aromatic carbocycles. The van der Waals surface area contributed by atoms with Gasteiger partial charge in [-0.05, 0) is 49.5 Å². The number of fused-ring (bicyclic) bond motifs is 1. The number of piperazine rings is 1. The summed E-state index contributed by atoms with van der Waals surface area (Å²) in [6, 6.07) is 9.50. The summed E-state index contributed by atoms with van der Waals surface area (Å²) in [4.78, 5) is 22.3. The van der Waals surface area contributed by atoms with E-state index in [1.165, 1.54) is 0 Å². The van der Waals surface area contributed by atoms with Crippen LogP contribution in [0.15, 0.2) is 48.7 Å². The van der Waals surface area contributed by atoms with Gasteiger partial charge in [-0.2, -0.15) is 0 Å². The van der Waals surface area contributed by atoms with Crippen LogP contribution in [0.1, 0.15) is 16.1 Å². The van der Waals surface area contributed by atoms with Gasteiger partial charge in [-0.1, -0.05) is 18.2 Å². The summed E-state index contributed by atoms with van der Waals surface area (Å²) >= 11 is 6.01. The normalized spacial score (nSPS) is 17.5. The number of hydrogen-bond acceptors (Lipinski definition) is 3. The van der Waals surface area contributed by atoms with Crippen LogP contribution in [-0.2, 0) is 0 Å². The highest BCUT2D eigenvalue weighted by molar-refractivity contribution is 6.30. The molecule has 3 heterocycles. The van der Waals surface area contributed by atoms with Crippen molar-refractivity contribution in [1.29, 1.82) is 0 Å². The SMILES string of the molecule is C=C1C=Cc2cc(C(=O)N3CCN(C)CC3)[nH]c2N1c1ccc(Cl)cc1. The summed E-state index contributed by atoms with van der Waals surface area (Å²) in [6.45, 7) is 7.44. The molecule has 0 bridgehead atoms. The minimum absolute atomic E-state index is 0.0440. The first-order valence-corrected chi connectivity index (χ1v) is 9.04. The Labute approximate surface area is 158 Å². The number of aromatic amines is 1. The van der Waals surface area contributed by atoms with Crippen LogP contribution < -0.4 is 4.90 Å². The minimum Gasteiger partial charge on any atom is -0.336 e. The lowest BCUT2D eigenvalue weighted by Crippen LogP contribution is -2.47. The van der Waals surface area contributed by atoms with Crippen molar-refractivity contribution >= 4 is 35.1 Å². The van der Waals surface area contributed by atoms with Crippen LogP contribution in [0, 0.1) is 0 Å². The predicted octanol–water partition coefficient (Wildman–Crippen LogP) is 3.73. The Morgan fingerprint density at radius 3 is 2.50 bits per heavy atom. The van der Waals surface area contributed by atoms with E-state index in [1.54, 1.807) is 0 Å². The zero-order chi connectivity index (χ0) is 18.3. The van der Waals surface area contributed by atoms with Crippen molar-refractivity contribution < 1.29 is 4.79 Å². The van der Waals surface area contributed by atoms with Gasteiger partial charge < -0.3 is 14.8 Å². The minimum atomic E-state index is 0.0440. The highest BCUT2D eigenvalue weighted by Gasteiger charge is 2.26. The number of nitrogens with one attached hydrogen (secondary N) is 1. The molecule has 2 aliphatic heterocycles. The van der Waals surface area contributed by atoms with Gasteiger partial charge in [0.1, 0.15) is 11.5 Å². The van der Waals surface area contributed by atoms with E-state index < -0.39 is 0 Å². The highest BCUT2D eigenvalue weighted by Crippen LogP contribution is 2.37. The lowest BCUT2D eigenvalue weighted by atomic mass is 10.1. The average molecular weight is 369 g/mol. The van der Waals surface area contributed by atoms with Crippen molar-refractivity contribution in [3.8, 4) is 0 Å². The molecule has 0 spiro atoms. The van der Waals surface area contributed by atoms with Crippen LogP contribution in [0.4, 0.5) is 11.5 Å². The largest absolute Gasteiger partial charge is 0.336 e. The molecule has 26 heavy (non-hydrogen) atoms. The fourth-order valence-electron chi connectivity index (χ4n) is 3.36. The highest BCUT2D eigenvalue weighted by atomic mass is 35.5. The van der Waals surface area contributed by atoms with E-state index in [0.717, 1.165) is 48.9 Å². The number of aromatic nitrogens is 1. The molecule has 2 aliphatic rings. The van der Waals surface area contributed by atoms with Crippen molar-refractivity contribution in [2.45, 2.75) is 0 Å². The first-order valence-electron chi connectivity index (χ1n) is 8.66. The zero-order valence-electron chi connectivity index (χ0n) is 14.7. The van der Waals surface area contributed by atoms with Crippen LogP contribution in [0.2, 0.25) is 5.02 Å². The monoisotopic (exact) mass is 368 g/mol. The molecule has 0 atom stereocenters. The Bertz CT molecular complexity index is 876. The van der Waals surface area contributed by atoms with E-state index in [4.69, 9.17) is 11.6 Å². The maximum Gasteiger partial charge on any atom is 0.270 e. The number of carbonyl (C=O) groups excluding carboxylic acids is 1. The number of halogens is 1. The van der Waals surface area contributed by atoms with Crippen LogP contribution in [0.5, 0.6) is 0 Å². The van der Waals surface area contributed by atoms with E-state index >= 15 is 0 Å². The van der Waals surface area contributed by atoms with E-state index in [9.17, 15) is 4.79 Å². The lowest BCUT2D eigenvalue weighted by Gasteiger charge is -2.32. The molecule has 0 saturated carbocycles. The van der Waals surface area contributed by atoms with Crippen LogP contribution in [-0.4, -0.2) is 53.9 Å². The summed E-state index contributed by atoms with van der Waals surface area (Å²) in [5.41, 5.74) is 3.37. The quantitative estimate of drug-likeness (QED) is 0.878. The van der Waals surface area contributed by atoms with Crippen LogP contribution >= 0.6 is 11.6 Å². The first kappa shape index (κ1) is 16.9. The van der Waals surface area contributed by atoms with Gasteiger partial charge in [0, 0.05) is 48.1 Å². The smallest absolute Gasteiger partial charge is 0.270 e. The van der Waals surface area contributed by atoms with E-state index in [1.807, 2.05) is 52.3 Å². The van der Waals surface area contributed by atoms with Crippen LogP contribution in [0.25, 0.3) is 6.08 Å². The average Bonchev–Trinajstić information content (AvgIpc) is 3.07. The molecule has 2 aromatic rings. The van der Waals surface area contributed by atoms with Gasteiger partial charge >= 0.3 is 0 Å². The number of likely N-dealkylation sites (N-methyl/N-ethyl adjacent to an activating group) is 1. The zero-order valence-corrected chi connectivity index (χ0v) is 15.5. The second kappa shape index (κ2) is 6.67. The molecule has 5 nitrogen and oxygen atoms in total. The third-order valence-corrected chi connectivity index (χ3v) is 5.15. The Morgan fingerprint density at radius 1 is 1.12 bits per heavy atom. The molecule has 1 saturated heterocycles. The van der Waals surface area contributed by atoms with Gasteiger partial charge in [0.25, 0.3) is 5.91 Å². The number of carbonyl (C=O) groups is 1. The van der Waals surface area contributed by atoms with E-state index in [2.05, 4.69) is 23.5 Å². The number of anilines is 2. The van der Waals surface area contributed by atoms with Gasteiger partial charge in [0.15, 0.2) is 0 Å². The van der Waals surface area contributed by atoms with Gasteiger partial charge in [0.05, 0.1) is 0 Å². The second-order valence-electron chi connectivity index (χ2n) is 6.72. The number of benzene rings is 1. The van der Waals surface area contributed by atoms with Gasteiger partial charge in [-0.3, -0.25) is 9.69 Å². The van der Waals surface area contributed by atoms with Crippen molar-refractivity contribution in [3.63, 3.8) is 0 Å². The summed E-state index contributed by atoms with van der Waals surface area (Å²) in [6.07, 6.45) is 3.94. The molecule has 1 N–H and O–H groups in total. The number of amides is 1. The van der Waals surface area contributed by atoms with Gasteiger partial charge in [0.2, 0.25) is 0 Å². The first-order chi connectivity index (χ1) is 12.5. The molecule has 134 valence electrons. The van der Waals surface area contributed by atoms with Gasteiger partial charge in [-0.15, -0.1) is 0 Å². The molecule has 0 unspecified atom stereocenters. The summed E-state index contributed by atoms with van der Waals surface area (Å²) in [7, 11) is 2.08. The topological polar surface area (TPSA) is 42.6 Å². The van der Waals surface area contributed by atoms with Gasteiger partial charge in [-0.25, -0.2) is 0 Å². The number of nitrogens with zero attached hydrogens (tertiary/aromatic N) is 3. The second-order valence-corrected chi connectivity index (χ2v) is 7.16. The van der Waals surface area contributed by atoms with Crippen molar-refractivity contribution in [1.82, 2.24) is 14.8 Å². The molecule has 0 radical (unpaired) electrons. The fourth-order valence-corrected chi connectivity index (χ4v) is 3.48. The maximum absolute atomic E-state index is 12.9. The third-order valence-electron chi connectivity index (χ3n) is 4.90. The Kier molecular flexibility index (Phi) is 4.34. The fraction of sp³-hybridized carbons (Fsp3) is 0.250. The number of allylic oxidation sites excluding steroid dienone is 1. The standard InChI is InChI=1S/C20H21ClN4O/c1-14-3-4-15-13-18(20(26)24-11-9-23(2)10-12-24)22-19(15)25(14)17-7-5-16(21)6-8-17/h3-8,13,22H,1,9-12H2,2H3. The van der Waals surface area contributed by atoms with Crippen molar-refractivity contribution in [3.05, 3.63) is 65.0 Å². The molecule has 1 fully saturated rings. The Balaban J connectivity index is 1.65. The number of H-pyrrole nitrogens is 1. The predicted molar refractivity (Wildman–Crippen MR) is 106 cm³/mol. The summed E-state index contributed by atoms with van der Waals surface area (Å²) in [5, 5.41) is 0.685. The third kappa shape index (κ3) is 3.04. The summed E-state index contributed by atoms with van der Waals surface area (Å²) in [5.74, 6) is 0.903. The lowest BCUT2D eigenvalue weighted by molar-refractivity contribution is 0.0659.